The molecule has 0 bridgehead atoms. The van der Waals surface area contributed by atoms with Crippen molar-refractivity contribution in [1.29, 1.82) is 0 Å². The van der Waals surface area contributed by atoms with E-state index in [9.17, 15) is 0 Å². The van der Waals surface area contributed by atoms with Gasteiger partial charge in [-0.3, -0.25) is 0 Å². The van der Waals surface area contributed by atoms with Crippen LogP contribution < -0.4 is 0 Å². The molecule has 1 nitrogen and oxygen atoms in total. The highest BCUT2D eigenvalue weighted by Crippen LogP contribution is 2.33. The largest absolute Gasteiger partial charge is 0.248 e. The van der Waals surface area contributed by atoms with Crippen molar-refractivity contribution in [2.24, 2.45) is 4.99 Å². The van der Waals surface area contributed by atoms with E-state index in [1.807, 2.05) is 0 Å². The molecular formula is C28H34BN. The average molecular weight is 395 g/mol. The van der Waals surface area contributed by atoms with Crippen LogP contribution in [0.4, 0.5) is 5.69 Å². The minimum atomic E-state index is 0.618. The second-order valence-corrected chi connectivity index (χ2v) is 7.43. The zero-order chi connectivity index (χ0) is 21.8. The first-order valence-electron chi connectivity index (χ1n) is 11.1. The molecular weight excluding hydrogens is 361 g/mol. The van der Waals surface area contributed by atoms with Crippen LogP contribution in [0.25, 0.3) is 0 Å². The number of benzene rings is 3. The Kier molecular flexibility index (Phi) is 10.1. The predicted molar refractivity (Wildman–Crippen MR) is 134 cm³/mol. The first-order valence-corrected chi connectivity index (χ1v) is 11.1. The van der Waals surface area contributed by atoms with Crippen molar-refractivity contribution in [1.82, 2.24) is 0 Å². The lowest BCUT2D eigenvalue weighted by molar-refractivity contribution is 0.567. The molecule has 0 aliphatic rings. The maximum Gasteiger partial charge on any atom is 0.0781 e. The quantitative estimate of drug-likeness (QED) is 0.270. The summed E-state index contributed by atoms with van der Waals surface area (Å²) in [4.78, 5) is 5.17. The molecule has 0 saturated heterocycles. The molecule has 0 amide bonds. The van der Waals surface area contributed by atoms with Crippen LogP contribution >= 0.6 is 0 Å². The van der Waals surface area contributed by atoms with Crippen molar-refractivity contribution >= 4 is 19.2 Å². The molecule has 30 heavy (non-hydrogen) atoms. The van der Waals surface area contributed by atoms with Crippen LogP contribution in [0.2, 0.25) is 6.82 Å². The fourth-order valence-electron chi connectivity index (χ4n) is 3.84. The van der Waals surface area contributed by atoms with Crippen molar-refractivity contribution in [3.05, 3.63) is 101 Å². The third kappa shape index (κ3) is 6.19. The van der Waals surface area contributed by atoms with Crippen LogP contribution in [0.3, 0.4) is 0 Å². The lowest BCUT2D eigenvalue weighted by Gasteiger charge is -2.19. The number of hydrogen-bond donors (Lipinski definition) is 0. The lowest BCUT2D eigenvalue weighted by atomic mass is 9.88. The van der Waals surface area contributed by atoms with Gasteiger partial charge in [-0.15, -0.1) is 0 Å². The van der Waals surface area contributed by atoms with E-state index in [1.165, 1.54) is 43.6 Å². The first kappa shape index (κ1) is 23.7. The van der Waals surface area contributed by atoms with Gasteiger partial charge < -0.3 is 0 Å². The van der Waals surface area contributed by atoms with E-state index in [4.69, 9.17) is 4.99 Å². The fourth-order valence-corrected chi connectivity index (χ4v) is 3.84. The highest BCUT2D eigenvalue weighted by atomic mass is 14.8. The van der Waals surface area contributed by atoms with E-state index >= 15 is 0 Å². The topological polar surface area (TPSA) is 12.4 Å². The molecule has 3 aromatic rings. The van der Waals surface area contributed by atoms with E-state index in [-0.39, 0.29) is 0 Å². The van der Waals surface area contributed by atoms with Gasteiger partial charge in [0.15, 0.2) is 0 Å². The number of unbranched alkanes of at least 4 members (excludes halogenated alkanes) is 1. The van der Waals surface area contributed by atoms with Gasteiger partial charge >= 0.3 is 0 Å². The maximum absolute atomic E-state index is 5.17. The summed E-state index contributed by atoms with van der Waals surface area (Å²) >= 11 is 0. The van der Waals surface area contributed by atoms with E-state index in [0.717, 1.165) is 22.5 Å². The molecule has 1 atom stereocenters. The minimum absolute atomic E-state index is 0.618. The number of nitrogens with zero attached hydrogens (tertiary/aromatic N) is 1. The predicted octanol–water partition coefficient (Wildman–Crippen LogP) is 8.05. The molecule has 0 N–H and O–H groups in total. The van der Waals surface area contributed by atoms with Gasteiger partial charge in [0.05, 0.1) is 19.2 Å². The van der Waals surface area contributed by atoms with Crippen LogP contribution in [0.5, 0.6) is 0 Å². The molecule has 0 aliphatic carbocycles. The second-order valence-electron chi connectivity index (χ2n) is 7.43. The highest BCUT2D eigenvalue weighted by Gasteiger charge is 2.14. The molecule has 3 rings (SSSR count). The number of hydrogen-bond acceptors (Lipinski definition) is 1. The third-order valence-corrected chi connectivity index (χ3v) is 5.51. The van der Waals surface area contributed by atoms with Crippen molar-refractivity contribution in [3.8, 4) is 0 Å². The summed E-state index contributed by atoms with van der Waals surface area (Å²) in [5.74, 6) is 0.618. The van der Waals surface area contributed by atoms with E-state index in [0.29, 0.717) is 5.92 Å². The van der Waals surface area contributed by atoms with Crippen LogP contribution in [-0.4, -0.2) is 13.6 Å². The van der Waals surface area contributed by atoms with E-state index in [1.54, 1.807) is 0 Å². The number of rotatable bonds is 8. The van der Waals surface area contributed by atoms with Gasteiger partial charge in [-0.2, -0.15) is 0 Å². The fraction of sp³-hybridized carbons (Fsp3) is 0.321. The van der Waals surface area contributed by atoms with Gasteiger partial charge in [0, 0.05) is 11.1 Å². The molecule has 0 aromatic heterocycles. The summed E-state index contributed by atoms with van der Waals surface area (Å²) in [7, 11) is 4.50. The molecule has 0 saturated carbocycles. The van der Waals surface area contributed by atoms with Crippen LogP contribution in [0.15, 0.2) is 83.9 Å². The molecule has 0 heterocycles. The second kappa shape index (κ2) is 12.9. The zero-order valence-corrected chi connectivity index (χ0v) is 18.9. The molecule has 3 aromatic carbocycles. The van der Waals surface area contributed by atoms with Gasteiger partial charge in [0.25, 0.3) is 0 Å². The van der Waals surface area contributed by atoms with Gasteiger partial charge in [0.1, 0.15) is 0 Å². The van der Waals surface area contributed by atoms with Crippen molar-refractivity contribution in [2.75, 3.05) is 0 Å². The Labute approximate surface area is 184 Å². The molecule has 0 unspecified atom stereocenters. The normalized spacial score (nSPS) is 11.2. The molecule has 0 aliphatic heterocycles. The SMILES string of the molecule is CCCC[C@@H](CC)c1cccc(N=C(c2ccccc2)c2ccccc2)c1C.[B]C. The Morgan fingerprint density at radius 3 is 1.87 bits per heavy atom. The molecule has 2 heteroatoms. The van der Waals surface area contributed by atoms with Gasteiger partial charge in [-0.1, -0.05) is 106 Å². The maximum atomic E-state index is 5.17. The summed E-state index contributed by atoms with van der Waals surface area (Å²) < 4.78 is 0. The Bertz CT molecular complexity index is 859. The lowest BCUT2D eigenvalue weighted by Crippen LogP contribution is -2.04. The summed E-state index contributed by atoms with van der Waals surface area (Å²) in [6, 6.07) is 27.6. The first-order chi connectivity index (χ1) is 14.7. The van der Waals surface area contributed by atoms with Crippen molar-refractivity contribution in [3.63, 3.8) is 0 Å². The van der Waals surface area contributed by atoms with Gasteiger partial charge in [-0.25, -0.2) is 4.99 Å². The third-order valence-electron chi connectivity index (χ3n) is 5.51. The van der Waals surface area contributed by atoms with E-state index < -0.39 is 0 Å². The van der Waals surface area contributed by atoms with Gasteiger partial charge in [-0.05, 0) is 42.9 Å². The number of aliphatic imine (C=N–C) groups is 1. The summed E-state index contributed by atoms with van der Waals surface area (Å²) in [6.45, 7) is 8.30. The van der Waals surface area contributed by atoms with Crippen LogP contribution in [-0.2, 0) is 0 Å². The monoisotopic (exact) mass is 395 g/mol. The minimum Gasteiger partial charge on any atom is -0.248 e. The molecule has 0 spiro atoms. The van der Waals surface area contributed by atoms with Crippen LogP contribution in [0, 0.1) is 6.92 Å². The summed E-state index contributed by atoms with van der Waals surface area (Å²) in [6.07, 6.45) is 4.97. The van der Waals surface area contributed by atoms with Crippen molar-refractivity contribution in [2.45, 2.75) is 59.2 Å². The van der Waals surface area contributed by atoms with Gasteiger partial charge in [0.2, 0.25) is 0 Å². The average Bonchev–Trinajstić information content (AvgIpc) is 2.82. The smallest absolute Gasteiger partial charge is 0.0781 e. The van der Waals surface area contributed by atoms with Crippen molar-refractivity contribution < 1.29 is 0 Å². The Morgan fingerprint density at radius 1 is 0.800 bits per heavy atom. The zero-order valence-electron chi connectivity index (χ0n) is 18.9. The van der Waals surface area contributed by atoms with Crippen LogP contribution in [0.1, 0.15) is 67.7 Å². The molecule has 154 valence electrons. The summed E-state index contributed by atoms with van der Waals surface area (Å²) in [5, 5.41) is 0. The van der Waals surface area contributed by atoms with E-state index in [2.05, 4.69) is 107 Å². The Morgan fingerprint density at radius 2 is 1.37 bits per heavy atom. The summed E-state index contributed by atoms with van der Waals surface area (Å²) in [5.41, 5.74) is 7.18. The Balaban J connectivity index is 0.00000155. The molecule has 2 radical (unpaired) electrons. The molecule has 0 fully saturated rings. The standard InChI is InChI=1S/C27H31N.CH3B/c1-4-6-14-22(5-2)25-19-13-20-26(21(25)3)28-27(23-15-9-7-10-16-23)24-17-11-8-12-18-24;1-2/h7-13,15-20,22H,4-6,14H2,1-3H3;1H3/t22-;/m1./s1. The Hall–Kier alpha value is -2.61. The highest BCUT2D eigenvalue weighted by molar-refractivity contribution is 6.14.